The van der Waals surface area contributed by atoms with Crippen LogP contribution >= 0.6 is 27.3 Å². The maximum atomic E-state index is 11.8. The highest BCUT2D eigenvalue weighted by molar-refractivity contribution is 9.10. The number of nitrogens with zero attached hydrogens (tertiary/aromatic N) is 1. The summed E-state index contributed by atoms with van der Waals surface area (Å²) < 4.78 is 0.954. The van der Waals surface area contributed by atoms with Gasteiger partial charge in [0.1, 0.15) is 0 Å². The summed E-state index contributed by atoms with van der Waals surface area (Å²) in [6.45, 7) is 0. The van der Waals surface area contributed by atoms with Crippen molar-refractivity contribution in [1.29, 1.82) is 0 Å². The molecule has 1 heterocycles. The molecule has 0 spiro atoms. The lowest BCUT2D eigenvalue weighted by molar-refractivity contribution is -0.121. The fourth-order valence-electron chi connectivity index (χ4n) is 1.75. The van der Waals surface area contributed by atoms with Crippen LogP contribution in [0.25, 0.3) is 0 Å². The van der Waals surface area contributed by atoms with Crippen molar-refractivity contribution < 1.29 is 9.59 Å². The third-order valence-corrected chi connectivity index (χ3v) is 4.20. The van der Waals surface area contributed by atoms with Crippen molar-refractivity contribution in [3.05, 3.63) is 51.1 Å². The Kier molecular flexibility index (Phi) is 6.96. The summed E-state index contributed by atoms with van der Waals surface area (Å²) in [5.74, 6) is -0.309. The summed E-state index contributed by atoms with van der Waals surface area (Å²) in [5, 5.41) is 8.59. The third-order valence-electron chi connectivity index (χ3n) is 2.86. The van der Waals surface area contributed by atoms with Gasteiger partial charge in [-0.1, -0.05) is 22.0 Å². The molecule has 0 saturated heterocycles. The third kappa shape index (κ3) is 6.75. The standard InChI is InChI=1S/C16H16BrN3O2S/c17-12-6-8-13(9-7-12)19-15(21)4-1-5-16(22)20-18-11-14-3-2-10-23-14/h2-3,6-11H,1,4-5H2,(H,19,21)(H,20,22)/b18-11-. The van der Waals surface area contributed by atoms with Crippen LogP contribution in [0.5, 0.6) is 0 Å². The SMILES string of the molecule is O=C(CCCC(=O)Nc1ccc(Br)cc1)N/N=C\c1cccs1. The molecular weight excluding hydrogens is 378 g/mol. The first-order valence-electron chi connectivity index (χ1n) is 7.04. The van der Waals surface area contributed by atoms with Gasteiger partial charge in [-0.25, -0.2) is 5.43 Å². The molecule has 2 rings (SSSR count). The number of carbonyl (C=O) groups excluding carboxylic acids is 2. The fourth-order valence-corrected chi connectivity index (χ4v) is 2.60. The van der Waals surface area contributed by atoms with Crippen LogP contribution in [0.3, 0.4) is 0 Å². The highest BCUT2D eigenvalue weighted by Crippen LogP contribution is 2.14. The molecule has 0 aliphatic carbocycles. The van der Waals surface area contributed by atoms with Crippen molar-refractivity contribution in [3.8, 4) is 0 Å². The quantitative estimate of drug-likeness (QED) is 0.555. The second kappa shape index (κ2) is 9.22. The van der Waals surface area contributed by atoms with Crippen molar-refractivity contribution >= 4 is 51.0 Å². The smallest absolute Gasteiger partial charge is 0.240 e. The van der Waals surface area contributed by atoms with Crippen LogP contribution in [0.1, 0.15) is 24.1 Å². The molecule has 2 aromatic rings. The molecule has 1 aromatic heterocycles. The Morgan fingerprint density at radius 1 is 1.13 bits per heavy atom. The molecule has 5 nitrogen and oxygen atoms in total. The molecule has 2 amide bonds. The Hall–Kier alpha value is -1.99. The van der Waals surface area contributed by atoms with Crippen LogP contribution in [0.2, 0.25) is 0 Å². The van der Waals surface area contributed by atoms with Gasteiger partial charge in [-0.05, 0) is 42.1 Å². The number of nitrogens with one attached hydrogen (secondary N) is 2. The minimum Gasteiger partial charge on any atom is -0.326 e. The first kappa shape index (κ1) is 17.4. The Morgan fingerprint density at radius 3 is 2.57 bits per heavy atom. The summed E-state index contributed by atoms with van der Waals surface area (Å²) in [6, 6.07) is 11.2. The van der Waals surface area contributed by atoms with E-state index in [0.29, 0.717) is 6.42 Å². The van der Waals surface area contributed by atoms with E-state index in [4.69, 9.17) is 0 Å². The molecule has 0 fully saturated rings. The lowest BCUT2D eigenvalue weighted by Crippen LogP contribution is -2.18. The molecule has 0 aliphatic rings. The number of thiophene rings is 1. The number of hydrogen-bond donors (Lipinski definition) is 2. The maximum absolute atomic E-state index is 11.8. The second-order valence-corrected chi connectivity index (χ2v) is 6.61. The minimum atomic E-state index is -0.200. The molecular formula is C16H16BrN3O2S. The zero-order valence-electron chi connectivity index (χ0n) is 12.3. The number of halogens is 1. The lowest BCUT2D eigenvalue weighted by atomic mass is 10.2. The van der Waals surface area contributed by atoms with Crippen LogP contribution in [-0.2, 0) is 9.59 Å². The summed E-state index contributed by atoms with van der Waals surface area (Å²) >= 11 is 4.88. The molecule has 7 heteroatoms. The number of amides is 2. The molecule has 120 valence electrons. The molecule has 0 bridgehead atoms. The summed E-state index contributed by atoms with van der Waals surface area (Å²) in [6.07, 6.45) is 2.62. The van der Waals surface area contributed by atoms with Crippen molar-refractivity contribution in [2.24, 2.45) is 5.10 Å². The second-order valence-electron chi connectivity index (χ2n) is 4.72. The first-order chi connectivity index (χ1) is 11.1. The van der Waals surface area contributed by atoms with E-state index in [0.717, 1.165) is 15.0 Å². The largest absolute Gasteiger partial charge is 0.326 e. The normalized spacial score (nSPS) is 10.7. The highest BCUT2D eigenvalue weighted by Gasteiger charge is 2.05. The number of rotatable bonds is 7. The van der Waals surface area contributed by atoms with Gasteiger partial charge in [-0.3, -0.25) is 9.59 Å². The van der Waals surface area contributed by atoms with E-state index in [1.807, 2.05) is 41.8 Å². The molecule has 1 aromatic carbocycles. The van der Waals surface area contributed by atoms with E-state index < -0.39 is 0 Å². The van der Waals surface area contributed by atoms with Gasteiger partial charge in [-0.15, -0.1) is 11.3 Å². The summed E-state index contributed by atoms with van der Waals surface area (Å²) in [7, 11) is 0. The zero-order chi connectivity index (χ0) is 16.5. The minimum absolute atomic E-state index is 0.109. The molecule has 0 unspecified atom stereocenters. The van der Waals surface area contributed by atoms with Crippen LogP contribution in [-0.4, -0.2) is 18.0 Å². The van der Waals surface area contributed by atoms with E-state index in [1.165, 1.54) is 0 Å². The van der Waals surface area contributed by atoms with Gasteiger partial charge < -0.3 is 5.32 Å². The van der Waals surface area contributed by atoms with Crippen molar-refractivity contribution in [3.63, 3.8) is 0 Å². The number of benzene rings is 1. The van der Waals surface area contributed by atoms with Gasteiger partial charge in [-0.2, -0.15) is 5.10 Å². The molecule has 0 atom stereocenters. The van der Waals surface area contributed by atoms with Gasteiger partial charge in [0.25, 0.3) is 0 Å². The molecule has 0 aliphatic heterocycles. The van der Waals surface area contributed by atoms with E-state index in [1.54, 1.807) is 17.6 Å². The summed E-state index contributed by atoms with van der Waals surface area (Å²) in [4.78, 5) is 24.3. The van der Waals surface area contributed by atoms with Crippen LogP contribution in [0.4, 0.5) is 5.69 Å². The van der Waals surface area contributed by atoms with Crippen molar-refractivity contribution in [1.82, 2.24) is 5.43 Å². The molecule has 0 saturated carbocycles. The van der Waals surface area contributed by atoms with Crippen LogP contribution in [0.15, 0.2) is 51.4 Å². The number of hydrazone groups is 1. The number of hydrogen-bond acceptors (Lipinski definition) is 4. The van der Waals surface area contributed by atoms with Crippen molar-refractivity contribution in [2.75, 3.05) is 5.32 Å². The van der Waals surface area contributed by atoms with Gasteiger partial charge in [0.15, 0.2) is 0 Å². The van der Waals surface area contributed by atoms with Gasteiger partial charge in [0.05, 0.1) is 6.21 Å². The van der Waals surface area contributed by atoms with E-state index >= 15 is 0 Å². The fraction of sp³-hybridized carbons (Fsp3) is 0.188. The van der Waals surface area contributed by atoms with Crippen LogP contribution in [0, 0.1) is 0 Å². The average Bonchev–Trinajstić information content (AvgIpc) is 3.03. The van der Waals surface area contributed by atoms with Gasteiger partial charge in [0, 0.05) is 27.9 Å². The topological polar surface area (TPSA) is 70.6 Å². The first-order valence-corrected chi connectivity index (χ1v) is 8.71. The van der Waals surface area contributed by atoms with E-state index in [-0.39, 0.29) is 24.7 Å². The van der Waals surface area contributed by atoms with Crippen LogP contribution < -0.4 is 10.7 Å². The Morgan fingerprint density at radius 2 is 1.87 bits per heavy atom. The van der Waals surface area contributed by atoms with Gasteiger partial charge >= 0.3 is 0 Å². The lowest BCUT2D eigenvalue weighted by Gasteiger charge is -2.05. The van der Waals surface area contributed by atoms with E-state index in [9.17, 15) is 9.59 Å². The highest BCUT2D eigenvalue weighted by atomic mass is 79.9. The average molecular weight is 394 g/mol. The number of anilines is 1. The predicted molar refractivity (Wildman–Crippen MR) is 96.7 cm³/mol. The monoisotopic (exact) mass is 393 g/mol. The predicted octanol–water partition coefficient (Wildman–Crippen LogP) is 3.77. The molecule has 0 radical (unpaired) electrons. The Bertz CT molecular complexity index is 669. The summed E-state index contributed by atoms with van der Waals surface area (Å²) in [5.41, 5.74) is 3.19. The molecule has 23 heavy (non-hydrogen) atoms. The Labute approximate surface area is 146 Å². The number of carbonyl (C=O) groups is 2. The molecule has 2 N–H and O–H groups in total. The van der Waals surface area contributed by atoms with Crippen molar-refractivity contribution in [2.45, 2.75) is 19.3 Å². The maximum Gasteiger partial charge on any atom is 0.240 e. The van der Waals surface area contributed by atoms with E-state index in [2.05, 4.69) is 31.8 Å². The van der Waals surface area contributed by atoms with Gasteiger partial charge in [0.2, 0.25) is 11.8 Å². The zero-order valence-corrected chi connectivity index (χ0v) is 14.7. The Balaban J connectivity index is 1.63.